The Bertz CT molecular complexity index is 449. The van der Waals surface area contributed by atoms with Crippen molar-refractivity contribution in [2.45, 2.75) is 11.9 Å². The number of hydrogen-bond acceptors (Lipinski definition) is 5. The molecule has 0 aliphatic heterocycles. The van der Waals surface area contributed by atoms with Crippen molar-refractivity contribution in [2.24, 2.45) is 7.05 Å². The van der Waals surface area contributed by atoms with E-state index in [2.05, 4.69) is 4.98 Å². The van der Waals surface area contributed by atoms with Gasteiger partial charge in [0.1, 0.15) is 0 Å². The molecule has 0 atom stereocenters. The highest BCUT2D eigenvalue weighted by Crippen LogP contribution is 2.19. The van der Waals surface area contributed by atoms with Gasteiger partial charge in [0.25, 0.3) is 10.0 Å². The van der Waals surface area contributed by atoms with Crippen molar-refractivity contribution in [2.75, 3.05) is 32.5 Å². The summed E-state index contributed by atoms with van der Waals surface area (Å²) in [6, 6.07) is 0. The molecule has 2 N–H and O–H groups in total. The number of nitrogens with zero attached hydrogens (tertiary/aromatic N) is 3. The fourth-order valence-corrected chi connectivity index (χ4v) is 2.69. The predicted octanol–water partition coefficient (Wildman–Crippen LogP) is -0.341. The van der Waals surface area contributed by atoms with Crippen LogP contribution in [0.15, 0.2) is 11.4 Å². The Labute approximate surface area is 101 Å². The number of nitrogens with two attached hydrogens (primary N) is 1. The molecule has 8 heteroatoms. The smallest absolute Gasteiger partial charge is 0.262 e. The van der Waals surface area contributed by atoms with E-state index in [1.54, 1.807) is 7.05 Å². The minimum atomic E-state index is -3.61. The topological polar surface area (TPSA) is 90.4 Å². The maximum atomic E-state index is 12.2. The molecule has 98 valence electrons. The first kappa shape index (κ1) is 13.9. The first-order chi connectivity index (χ1) is 7.91. The van der Waals surface area contributed by atoms with Crippen LogP contribution in [0.25, 0.3) is 0 Å². The van der Waals surface area contributed by atoms with E-state index in [1.807, 2.05) is 6.92 Å². The molecule has 17 heavy (non-hydrogen) atoms. The lowest BCUT2D eigenvalue weighted by Crippen LogP contribution is -2.32. The molecule has 1 aromatic rings. The zero-order valence-corrected chi connectivity index (χ0v) is 11.1. The van der Waals surface area contributed by atoms with E-state index in [0.29, 0.717) is 13.2 Å². The van der Waals surface area contributed by atoms with Crippen LogP contribution in [0.1, 0.15) is 6.92 Å². The van der Waals surface area contributed by atoms with Crippen molar-refractivity contribution >= 4 is 15.8 Å². The van der Waals surface area contributed by atoms with E-state index >= 15 is 0 Å². The van der Waals surface area contributed by atoms with Gasteiger partial charge in [-0.2, -0.15) is 4.31 Å². The van der Waals surface area contributed by atoms with Gasteiger partial charge in [0.2, 0.25) is 0 Å². The second-order valence-corrected chi connectivity index (χ2v) is 5.53. The van der Waals surface area contributed by atoms with Gasteiger partial charge in [-0.1, -0.05) is 0 Å². The number of ether oxygens (including phenoxy) is 1. The molecule has 0 amide bonds. The van der Waals surface area contributed by atoms with Crippen molar-refractivity contribution in [3.63, 3.8) is 0 Å². The highest BCUT2D eigenvalue weighted by Gasteiger charge is 2.26. The van der Waals surface area contributed by atoms with Gasteiger partial charge in [0, 0.05) is 27.2 Å². The molecule has 0 saturated heterocycles. The van der Waals surface area contributed by atoms with E-state index in [9.17, 15) is 8.42 Å². The summed E-state index contributed by atoms with van der Waals surface area (Å²) in [7, 11) is -0.532. The Balaban J connectivity index is 2.88. The SMILES string of the molecule is CCOCCN(C)S(=O)(=O)c1c(N)ncn1C. The Morgan fingerprint density at radius 3 is 2.71 bits per heavy atom. The molecule has 1 rings (SSSR count). The van der Waals surface area contributed by atoms with E-state index in [1.165, 1.54) is 22.2 Å². The van der Waals surface area contributed by atoms with Crippen LogP contribution in [0, 0.1) is 0 Å². The summed E-state index contributed by atoms with van der Waals surface area (Å²) in [6.07, 6.45) is 1.37. The standard InChI is InChI=1S/C9H18N4O3S/c1-4-16-6-5-13(3)17(14,15)9-8(10)11-7-12(9)2/h7H,4-6,10H2,1-3H3. The largest absolute Gasteiger partial charge is 0.381 e. The molecule has 7 nitrogen and oxygen atoms in total. The summed E-state index contributed by atoms with van der Waals surface area (Å²) in [4.78, 5) is 3.76. The highest BCUT2D eigenvalue weighted by molar-refractivity contribution is 7.89. The molecule has 0 saturated carbocycles. The minimum Gasteiger partial charge on any atom is -0.381 e. The molecule has 0 bridgehead atoms. The maximum absolute atomic E-state index is 12.2. The summed E-state index contributed by atoms with van der Waals surface area (Å²) in [5, 5.41) is 0.0106. The number of nitrogen functional groups attached to an aromatic ring is 1. The van der Waals surface area contributed by atoms with E-state index < -0.39 is 10.0 Å². The summed E-state index contributed by atoms with van der Waals surface area (Å²) < 4.78 is 32.0. The number of imidazole rings is 1. The average molecular weight is 262 g/mol. The Morgan fingerprint density at radius 2 is 2.24 bits per heavy atom. The molecule has 0 unspecified atom stereocenters. The fraction of sp³-hybridized carbons (Fsp3) is 0.667. The van der Waals surface area contributed by atoms with E-state index in [-0.39, 0.29) is 17.4 Å². The van der Waals surface area contributed by atoms with Gasteiger partial charge in [-0.15, -0.1) is 0 Å². The lowest BCUT2D eigenvalue weighted by atomic mass is 10.7. The van der Waals surface area contributed by atoms with Crippen LogP contribution < -0.4 is 5.73 Å². The molecule has 0 aliphatic carbocycles. The zero-order chi connectivity index (χ0) is 13.1. The van der Waals surface area contributed by atoms with Crippen LogP contribution in [0.3, 0.4) is 0 Å². The molecule has 0 radical (unpaired) electrons. The second kappa shape index (κ2) is 5.48. The Hall–Kier alpha value is -1.12. The van der Waals surface area contributed by atoms with Crippen LogP contribution in [-0.2, 0) is 21.8 Å². The van der Waals surface area contributed by atoms with Crippen LogP contribution in [0.5, 0.6) is 0 Å². The van der Waals surface area contributed by atoms with Gasteiger partial charge in [-0.3, -0.25) is 0 Å². The highest BCUT2D eigenvalue weighted by atomic mass is 32.2. The van der Waals surface area contributed by atoms with Crippen molar-refractivity contribution in [1.82, 2.24) is 13.9 Å². The molecule has 0 aliphatic rings. The molecule has 0 spiro atoms. The van der Waals surface area contributed by atoms with Crippen molar-refractivity contribution in [1.29, 1.82) is 0 Å². The first-order valence-corrected chi connectivity index (χ1v) is 6.66. The van der Waals surface area contributed by atoms with Crippen molar-refractivity contribution in [3.8, 4) is 0 Å². The molecule has 0 aromatic carbocycles. The number of rotatable bonds is 6. The van der Waals surface area contributed by atoms with Gasteiger partial charge in [-0.25, -0.2) is 13.4 Å². The molecule has 0 fully saturated rings. The number of aromatic nitrogens is 2. The van der Waals surface area contributed by atoms with Gasteiger partial charge < -0.3 is 15.0 Å². The second-order valence-electron chi connectivity index (χ2n) is 3.57. The van der Waals surface area contributed by atoms with Crippen LogP contribution in [-0.4, -0.2) is 49.1 Å². The molecule has 1 aromatic heterocycles. The van der Waals surface area contributed by atoms with Crippen molar-refractivity contribution in [3.05, 3.63) is 6.33 Å². The number of anilines is 1. The van der Waals surface area contributed by atoms with Crippen LogP contribution in [0.4, 0.5) is 5.82 Å². The quantitative estimate of drug-likeness (QED) is 0.708. The van der Waals surface area contributed by atoms with Crippen LogP contribution >= 0.6 is 0 Å². The van der Waals surface area contributed by atoms with Gasteiger partial charge in [0.15, 0.2) is 10.8 Å². The molecular formula is C9H18N4O3S. The number of hydrogen-bond donors (Lipinski definition) is 1. The van der Waals surface area contributed by atoms with E-state index in [4.69, 9.17) is 10.5 Å². The fourth-order valence-electron chi connectivity index (χ4n) is 1.36. The summed E-state index contributed by atoms with van der Waals surface area (Å²) in [6.45, 7) is 3.04. The number of likely N-dealkylation sites (N-methyl/N-ethyl adjacent to an activating group) is 1. The third-order valence-corrected chi connectivity index (χ3v) is 4.31. The summed E-state index contributed by atoms with van der Waals surface area (Å²) >= 11 is 0. The third kappa shape index (κ3) is 2.96. The minimum absolute atomic E-state index is 0.00996. The lowest BCUT2D eigenvalue weighted by molar-refractivity contribution is 0.138. The molecule has 1 heterocycles. The summed E-state index contributed by atoms with van der Waals surface area (Å²) in [5.74, 6) is 0.00996. The lowest BCUT2D eigenvalue weighted by Gasteiger charge is -2.17. The van der Waals surface area contributed by atoms with Crippen molar-refractivity contribution < 1.29 is 13.2 Å². The van der Waals surface area contributed by atoms with Gasteiger partial charge in [-0.05, 0) is 6.92 Å². The van der Waals surface area contributed by atoms with Crippen LogP contribution in [0.2, 0.25) is 0 Å². The van der Waals surface area contributed by atoms with Gasteiger partial charge in [0.05, 0.1) is 12.9 Å². The number of sulfonamides is 1. The van der Waals surface area contributed by atoms with Gasteiger partial charge >= 0.3 is 0 Å². The normalized spacial score (nSPS) is 12.2. The Kier molecular flexibility index (Phi) is 4.49. The first-order valence-electron chi connectivity index (χ1n) is 5.22. The predicted molar refractivity (Wildman–Crippen MR) is 63.9 cm³/mol. The monoisotopic (exact) mass is 262 g/mol. The summed E-state index contributed by atoms with van der Waals surface area (Å²) in [5.41, 5.74) is 5.55. The van der Waals surface area contributed by atoms with E-state index in [0.717, 1.165) is 0 Å². The average Bonchev–Trinajstić information content (AvgIpc) is 2.59. The zero-order valence-electron chi connectivity index (χ0n) is 10.3. The third-order valence-electron chi connectivity index (χ3n) is 2.32. The number of aryl methyl sites for hydroxylation is 1. The maximum Gasteiger partial charge on any atom is 0.262 e. The molecular weight excluding hydrogens is 244 g/mol. The Morgan fingerprint density at radius 1 is 1.59 bits per heavy atom.